The normalized spacial score (nSPS) is 15.1. The summed E-state index contributed by atoms with van der Waals surface area (Å²) in [7, 11) is 0. The van der Waals surface area contributed by atoms with E-state index in [4.69, 9.17) is 4.52 Å². The third kappa shape index (κ3) is 2.54. The maximum Gasteiger partial charge on any atom is 0.324 e. The summed E-state index contributed by atoms with van der Waals surface area (Å²) in [5, 5.41) is 13.2. The van der Waals surface area contributed by atoms with Crippen LogP contribution in [-0.4, -0.2) is 34.4 Å². The van der Waals surface area contributed by atoms with Crippen molar-refractivity contribution in [1.29, 1.82) is 0 Å². The lowest BCUT2D eigenvalue weighted by Gasteiger charge is -2.35. The fourth-order valence-electron chi connectivity index (χ4n) is 2.39. The number of hydrogen-bond acceptors (Lipinski definition) is 5. The summed E-state index contributed by atoms with van der Waals surface area (Å²) in [6.45, 7) is 2.68. The summed E-state index contributed by atoms with van der Waals surface area (Å²) in [5.41, 5.74) is 2.15. The zero-order chi connectivity index (χ0) is 13.9. The molecule has 1 aliphatic carbocycles. The number of aliphatic hydroxyl groups is 1. The Hall–Kier alpha value is -1.88. The van der Waals surface area contributed by atoms with E-state index in [2.05, 4.69) is 10.1 Å². The molecule has 106 valence electrons. The molecule has 0 spiro atoms. The van der Waals surface area contributed by atoms with E-state index in [1.807, 2.05) is 36.1 Å². The molecule has 0 unspecified atom stereocenters. The first-order chi connectivity index (χ1) is 9.78. The SMILES string of the molecule is Cc1ccc(-c2noc(N(CCO)C3CCC3)n2)cc1. The molecular weight excluding hydrogens is 254 g/mol. The maximum atomic E-state index is 9.19. The third-order valence-corrected chi connectivity index (χ3v) is 3.83. The van der Waals surface area contributed by atoms with Crippen molar-refractivity contribution in [3.05, 3.63) is 29.8 Å². The smallest absolute Gasteiger partial charge is 0.324 e. The lowest BCUT2D eigenvalue weighted by molar-refractivity contribution is 0.272. The fourth-order valence-corrected chi connectivity index (χ4v) is 2.39. The van der Waals surface area contributed by atoms with E-state index >= 15 is 0 Å². The van der Waals surface area contributed by atoms with Crippen LogP contribution in [-0.2, 0) is 0 Å². The van der Waals surface area contributed by atoms with E-state index in [0.717, 1.165) is 18.4 Å². The van der Waals surface area contributed by atoms with Gasteiger partial charge in [-0.3, -0.25) is 0 Å². The van der Waals surface area contributed by atoms with Gasteiger partial charge in [0.1, 0.15) is 0 Å². The number of aryl methyl sites for hydroxylation is 1. The van der Waals surface area contributed by atoms with Gasteiger partial charge in [-0.25, -0.2) is 0 Å². The van der Waals surface area contributed by atoms with Gasteiger partial charge in [-0.1, -0.05) is 35.0 Å². The van der Waals surface area contributed by atoms with Gasteiger partial charge >= 0.3 is 6.01 Å². The van der Waals surface area contributed by atoms with E-state index in [0.29, 0.717) is 24.4 Å². The van der Waals surface area contributed by atoms with Crippen LogP contribution in [0.1, 0.15) is 24.8 Å². The highest BCUT2D eigenvalue weighted by Gasteiger charge is 2.28. The molecule has 1 fully saturated rings. The number of aromatic nitrogens is 2. The zero-order valence-electron chi connectivity index (χ0n) is 11.6. The van der Waals surface area contributed by atoms with Crippen molar-refractivity contribution in [2.45, 2.75) is 32.2 Å². The van der Waals surface area contributed by atoms with Gasteiger partial charge in [-0.2, -0.15) is 4.98 Å². The van der Waals surface area contributed by atoms with Gasteiger partial charge in [0.2, 0.25) is 5.82 Å². The van der Waals surface area contributed by atoms with Crippen LogP contribution in [0.3, 0.4) is 0 Å². The molecule has 0 atom stereocenters. The van der Waals surface area contributed by atoms with Crippen molar-refractivity contribution in [2.24, 2.45) is 0 Å². The fraction of sp³-hybridized carbons (Fsp3) is 0.467. The van der Waals surface area contributed by atoms with Crippen molar-refractivity contribution < 1.29 is 9.63 Å². The summed E-state index contributed by atoms with van der Waals surface area (Å²) in [5.74, 6) is 0.599. The molecule has 1 saturated carbocycles. The molecule has 0 bridgehead atoms. The van der Waals surface area contributed by atoms with Crippen LogP contribution in [0.4, 0.5) is 6.01 Å². The first-order valence-electron chi connectivity index (χ1n) is 7.06. The molecule has 1 aromatic heterocycles. The van der Waals surface area contributed by atoms with Gasteiger partial charge in [0.15, 0.2) is 0 Å². The summed E-state index contributed by atoms with van der Waals surface area (Å²) in [6.07, 6.45) is 3.48. The van der Waals surface area contributed by atoms with E-state index in [9.17, 15) is 5.11 Å². The molecule has 5 nitrogen and oxygen atoms in total. The maximum absolute atomic E-state index is 9.19. The summed E-state index contributed by atoms with van der Waals surface area (Å²) in [6, 6.07) is 8.98. The van der Waals surface area contributed by atoms with Gasteiger partial charge in [0.25, 0.3) is 0 Å². The molecular formula is C15H19N3O2. The van der Waals surface area contributed by atoms with E-state index in [-0.39, 0.29) is 6.61 Å². The Balaban J connectivity index is 1.82. The number of anilines is 1. The van der Waals surface area contributed by atoms with Crippen LogP contribution in [0.2, 0.25) is 0 Å². The minimum absolute atomic E-state index is 0.0960. The van der Waals surface area contributed by atoms with Crippen LogP contribution in [0, 0.1) is 6.92 Å². The minimum atomic E-state index is 0.0960. The number of aliphatic hydroxyl groups excluding tert-OH is 1. The number of benzene rings is 1. The molecule has 1 aliphatic rings. The number of hydrogen-bond donors (Lipinski definition) is 1. The molecule has 1 N–H and O–H groups in total. The van der Waals surface area contributed by atoms with Crippen molar-refractivity contribution >= 4 is 6.01 Å². The zero-order valence-corrected chi connectivity index (χ0v) is 11.6. The second-order valence-electron chi connectivity index (χ2n) is 5.27. The molecule has 0 aliphatic heterocycles. The molecule has 5 heteroatoms. The lowest BCUT2D eigenvalue weighted by Crippen LogP contribution is -2.42. The Morgan fingerprint density at radius 2 is 2.05 bits per heavy atom. The Bertz CT molecular complexity index is 561. The summed E-state index contributed by atoms with van der Waals surface area (Å²) in [4.78, 5) is 6.49. The van der Waals surface area contributed by atoms with Crippen LogP contribution in [0.15, 0.2) is 28.8 Å². The molecule has 0 radical (unpaired) electrons. The molecule has 20 heavy (non-hydrogen) atoms. The van der Waals surface area contributed by atoms with Gasteiger partial charge in [0.05, 0.1) is 6.61 Å². The average molecular weight is 273 g/mol. The minimum Gasteiger partial charge on any atom is -0.395 e. The number of rotatable bonds is 5. The highest BCUT2D eigenvalue weighted by atomic mass is 16.5. The number of nitrogens with zero attached hydrogens (tertiary/aromatic N) is 3. The van der Waals surface area contributed by atoms with Gasteiger partial charge in [0, 0.05) is 18.2 Å². The lowest BCUT2D eigenvalue weighted by atomic mass is 9.92. The van der Waals surface area contributed by atoms with E-state index < -0.39 is 0 Å². The highest BCUT2D eigenvalue weighted by molar-refractivity contribution is 5.56. The second-order valence-corrected chi connectivity index (χ2v) is 5.27. The van der Waals surface area contributed by atoms with Crippen LogP contribution < -0.4 is 4.90 Å². The molecule has 0 saturated heterocycles. The summed E-state index contributed by atoms with van der Waals surface area (Å²) >= 11 is 0. The van der Waals surface area contributed by atoms with Crippen molar-refractivity contribution in [2.75, 3.05) is 18.1 Å². The predicted molar refractivity (Wildman–Crippen MR) is 76.5 cm³/mol. The monoisotopic (exact) mass is 273 g/mol. The van der Waals surface area contributed by atoms with Crippen LogP contribution in [0.25, 0.3) is 11.4 Å². The van der Waals surface area contributed by atoms with Gasteiger partial charge < -0.3 is 14.5 Å². The van der Waals surface area contributed by atoms with Crippen molar-refractivity contribution in [3.63, 3.8) is 0 Å². The van der Waals surface area contributed by atoms with Crippen molar-refractivity contribution in [3.8, 4) is 11.4 Å². The summed E-state index contributed by atoms with van der Waals surface area (Å²) < 4.78 is 5.37. The molecule has 2 aromatic rings. The largest absolute Gasteiger partial charge is 0.395 e. The first-order valence-corrected chi connectivity index (χ1v) is 7.06. The van der Waals surface area contributed by atoms with E-state index in [1.54, 1.807) is 0 Å². The van der Waals surface area contributed by atoms with Crippen LogP contribution in [0.5, 0.6) is 0 Å². The topological polar surface area (TPSA) is 62.4 Å². The molecule has 1 heterocycles. The standard InChI is InChI=1S/C15H19N3O2/c1-11-5-7-12(8-6-11)14-16-15(20-17-14)18(9-10-19)13-3-2-4-13/h5-8,13,19H,2-4,9-10H2,1H3. The second kappa shape index (κ2) is 5.63. The predicted octanol–water partition coefficient (Wildman–Crippen LogP) is 2.40. The van der Waals surface area contributed by atoms with Gasteiger partial charge in [-0.15, -0.1) is 0 Å². The molecule has 0 amide bonds. The van der Waals surface area contributed by atoms with Crippen LogP contribution >= 0.6 is 0 Å². The Morgan fingerprint density at radius 1 is 1.30 bits per heavy atom. The van der Waals surface area contributed by atoms with Crippen molar-refractivity contribution in [1.82, 2.24) is 10.1 Å². The molecule has 1 aromatic carbocycles. The average Bonchev–Trinajstić information content (AvgIpc) is 2.86. The molecule has 3 rings (SSSR count). The quantitative estimate of drug-likeness (QED) is 0.906. The first kappa shape index (κ1) is 13.1. The third-order valence-electron chi connectivity index (χ3n) is 3.83. The Morgan fingerprint density at radius 3 is 2.65 bits per heavy atom. The van der Waals surface area contributed by atoms with E-state index in [1.165, 1.54) is 12.0 Å². The van der Waals surface area contributed by atoms with Gasteiger partial charge in [-0.05, 0) is 26.2 Å². The Labute approximate surface area is 118 Å². The highest BCUT2D eigenvalue weighted by Crippen LogP contribution is 2.29. The Kier molecular flexibility index (Phi) is 3.69.